The van der Waals surface area contributed by atoms with Crippen LogP contribution in [0, 0.1) is 11.8 Å². The highest BCUT2D eigenvalue weighted by Crippen LogP contribution is 2.34. The summed E-state index contributed by atoms with van der Waals surface area (Å²) in [7, 11) is 0. The summed E-state index contributed by atoms with van der Waals surface area (Å²) in [4.78, 5) is 0. The number of hydrogen-bond acceptors (Lipinski definition) is 1. The molecule has 0 aromatic rings. The van der Waals surface area contributed by atoms with Crippen LogP contribution in [0.25, 0.3) is 0 Å². The van der Waals surface area contributed by atoms with Crippen LogP contribution >= 0.6 is 0 Å². The summed E-state index contributed by atoms with van der Waals surface area (Å²) < 4.78 is 0. The second-order valence-corrected chi connectivity index (χ2v) is 3.57. The lowest BCUT2D eigenvalue weighted by Crippen LogP contribution is -2.32. The van der Waals surface area contributed by atoms with E-state index in [9.17, 15) is 5.11 Å². The van der Waals surface area contributed by atoms with E-state index in [4.69, 9.17) is 0 Å². The molecular formula is C8H15O. The minimum atomic E-state index is -0.0810. The number of hydrogen-bond donors (Lipinski definition) is 1. The van der Waals surface area contributed by atoms with Gasteiger partial charge in [-0.15, -0.1) is 0 Å². The first-order valence-electron chi connectivity index (χ1n) is 3.63. The number of aliphatic hydroxyl groups is 1. The molecule has 1 radical (unpaired) electrons. The van der Waals surface area contributed by atoms with Gasteiger partial charge in [-0.25, -0.2) is 0 Å². The zero-order valence-corrected chi connectivity index (χ0v) is 6.22. The van der Waals surface area contributed by atoms with Crippen LogP contribution < -0.4 is 0 Å². The SMILES string of the molecule is CC1(C)C[CH]CCC1O. The Balaban J connectivity index is 2.49. The third kappa shape index (κ3) is 1.45. The molecule has 1 nitrogen and oxygen atoms in total. The van der Waals surface area contributed by atoms with Gasteiger partial charge in [-0.1, -0.05) is 13.8 Å². The Bertz CT molecular complexity index is 96.7. The van der Waals surface area contributed by atoms with E-state index in [0.29, 0.717) is 0 Å². The molecule has 1 saturated carbocycles. The number of rotatable bonds is 0. The van der Waals surface area contributed by atoms with Crippen molar-refractivity contribution < 1.29 is 5.11 Å². The van der Waals surface area contributed by atoms with Crippen molar-refractivity contribution >= 4 is 0 Å². The zero-order chi connectivity index (χ0) is 6.91. The average molecular weight is 127 g/mol. The molecule has 0 heterocycles. The molecule has 1 atom stereocenters. The van der Waals surface area contributed by atoms with E-state index in [1.54, 1.807) is 0 Å². The van der Waals surface area contributed by atoms with Crippen LogP contribution in [0.2, 0.25) is 0 Å². The van der Waals surface area contributed by atoms with E-state index >= 15 is 0 Å². The predicted octanol–water partition coefficient (Wildman–Crippen LogP) is 1.76. The first kappa shape index (κ1) is 7.07. The molecule has 1 aliphatic carbocycles. The molecule has 0 bridgehead atoms. The van der Waals surface area contributed by atoms with Crippen molar-refractivity contribution in [3.8, 4) is 0 Å². The van der Waals surface area contributed by atoms with Crippen LogP contribution in [0.3, 0.4) is 0 Å². The molecule has 1 rings (SSSR count). The third-order valence-electron chi connectivity index (χ3n) is 2.22. The molecule has 0 spiro atoms. The molecule has 0 aliphatic heterocycles. The van der Waals surface area contributed by atoms with Crippen molar-refractivity contribution in [2.24, 2.45) is 5.41 Å². The molecule has 1 heteroatoms. The zero-order valence-electron chi connectivity index (χ0n) is 6.22. The Hall–Kier alpha value is -0.0400. The standard InChI is InChI=1S/C8H15O/c1-8(2)6-4-3-5-7(8)9/h4,7,9H,3,5-6H2,1-2H3. The Kier molecular flexibility index (Phi) is 1.80. The highest BCUT2D eigenvalue weighted by molar-refractivity contribution is 4.89. The fraction of sp³-hybridized carbons (Fsp3) is 0.875. The van der Waals surface area contributed by atoms with Gasteiger partial charge >= 0.3 is 0 Å². The summed E-state index contributed by atoms with van der Waals surface area (Å²) in [5.41, 5.74) is 0.137. The van der Waals surface area contributed by atoms with Gasteiger partial charge in [0.05, 0.1) is 6.10 Å². The van der Waals surface area contributed by atoms with Crippen molar-refractivity contribution in [3.63, 3.8) is 0 Å². The summed E-state index contributed by atoms with van der Waals surface area (Å²) in [5, 5.41) is 9.42. The van der Waals surface area contributed by atoms with Gasteiger partial charge in [-0.2, -0.15) is 0 Å². The molecule has 0 saturated heterocycles. The molecule has 9 heavy (non-hydrogen) atoms. The summed E-state index contributed by atoms with van der Waals surface area (Å²) in [6.07, 6.45) is 5.29. The van der Waals surface area contributed by atoms with E-state index < -0.39 is 0 Å². The van der Waals surface area contributed by atoms with Gasteiger partial charge in [0, 0.05) is 0 Å². The lowest BCUT2D eigenvalue weighted by Gasteiger charge is -2.34. The molecule has 0 amide bonds. The molecule has 0 aromatic carbocycles. The van der Waals surface area contributed by atoms with E-state index in [1.165, 1.54) is 0 Å². The Morgan fingerprint density at radius 2 is 2.22 bits per heavy atom. The normalized spacial score (nSPS) is 34.3. The lowest BCUT2D eigenvalue weighted by molar-refractivity contribution is 0.0279. The fourth-order valence-corrected chi connectivity index (χ4v) is 1.28. The van der Waals surface area contributed by atoms with E-state index in [-0.39, 0.29) is 11.5 Å². The first-order chi connectivity index (χ1) is 4.13. The molecule has 53 valence electrons. The van der Waals surface area contributed by atoms with Gasteiger partial charge in [0.15, 0.2) is 0 Å². The third-order valence-corrected chi connectivity index (χ3v) is 2.22. The fourth-order valence-electron chi connectivity index (χ4n) is 1.28. The largest absolute Gasteiger partial charge is 0.393 e. The van der Waals surface area contributed by atoms with Gasteiger partial charge in [0.25, 0.3) is 0 Å². The van der Waals surface area contributed by atoms with E-state index in [1.807, 2.05) is 0 Å². The van der Waals surface area contributed by atoms with Crippen molar-refractivity contribution in [1.82, 2.24) is 0 Å². The molecule has 0 aromatic heterocycles. The second-order valence-electron chi connectivity index (χ2n) is 3.57. The average Bonchev–Trinajstić information content (AvgIpc) is 1.77. The topological polar surface area (TPSA) is 20.2 Å². The van der Waals surface area contributed by atoms with Crippen LogP contribution in [0.1, 0.15) is 33.1 Å². The predicted molar refractivity (Wildman–Crippen MR) is 37.9 cm³/mol. The van der Waals surface area contributed by atoms with Crippen LogP contribution in [0.5, 0.6) is 0 Å². The molecule has 1 N–H and O–H groups in total. The minimum Gasteiger partial charge on any atom is -0.393 e. The number of aliphatic hydroxyl groups excluding tert-OH is 1. The highest BCUT2D eigenvalue weighted by Gasteiger charge is 2.30. The quantitative estimate of drug-likeness (QED) is 0.525. The van der Waals surface area contributed by atoms with Crippen LogP contribution in [-0.4, -0.2) is 11.2 Å². The second kappa shape index (κ2) is 2.30. The molecule has 1 fully saturated rings. The lowest BCUT2D eigenvalue weighted by atomic mass is 9.75. The van der Waals surface area contributed by atoms with Gasteiger partial charge in [-0.05, 0) is 31.1 Å². The molecular weight excluding hydrogens is 112 g/mol. The van der Waals surface area contributed by atoms with Crippen molar-refractivity contribution in [3.05, 3.63) is 6.42 Å². The van der Waals surface area contributed by atoms with Crippen molar-refractivity contribution in [1.29, 1.82) is 0 Å². The highest BCUT2D eigenvalue weighted by atomic mass is 16.3. The van der Waals surface area contributed by atoms with Crippen LogP contribution in [0.15, 0.2) is 0 Å². The van der Waals surface area contributed by atoms with Gasteiger partial charge in [0.2, 0.25) is 0 Å². The summed E-state index contributed by atoms with van der Waals surface area (Å²) in [6, 6.07) is 0. The van der Waals surface area contributed by atoms with Crippen molar-refractivity contribution in [2.45, 2.75) is 39.2 Å². The van der Waals surface area contributed by atoms with Gasteiger partial charge in [0.1, 0.15) is 0 Å². The van der Waals surface area contributed by atoms with Gasteiger partial charge in [-0.3, -0.25) is 0 Å². The maximum atomic E-state index is 9.42. The summed E-state index contributed by atoms with van der Waals surface area (Å²) in [5.74, 6) is 0. The van der Waals surface area contributed by atoms with Crippen molar-refractivity contribution in [2.75, 3.05) is 0 Å². The van der Waals surface area contributed by atoms with E-state index in [2.05, 4.69) is 20.3 Å². The summed E-state index contributed by atoms with van der Waals surface area (Å²) in [6.45, 7) is 4.24. The molecule has 1 aliphatic rings. The molecule has 1 unspecified atom stereocenters. The van der Waals surface area contributed by atoms with E-state index in [0.717, 1.165) is 19.3 Å². The smallest absolute Gasteiger partial charge is 0.0591 e. The Labute approximate surface area is 57.1 Å². The Morgan fingerprint density at radius 3 is 2.56 bits per heavy atom. The Morgan fingerprint density at radius 1 is 1.56 bits per heavy atom. The minimum absolute atomic E-state index is 0.0810. The van der Waals surface area contributed by atoms with Crippen LogP contribution in [-0.2, 0) is 0 Å². The maximum absolute atomic E-state index is 9.42. The van der Waals surface area contributed by atoms with Gasteiger partial charge < -0.3 is 5.11 Å². The first-order valence-corrected chi connectivity index (χ1v) is 3.63. The maximum Gasteiger partial charge on any atom is 0.0591 e. The monoisotopic (exact) mass is 127 g/mol. The van der Waals surface area contributed by atoms with Crippen LogP contribution in [0.4, 0.5) is 0 Å². The summed E-state index contributed by atoms with van der Waals surface area (Å²) >= 11 is 0.